The second kappa shape index (κ2) is 9.54. The lowest BCUT2D eigenvalue weighted by Gasteiger charge is -2.14. The van der Waals surface area contributed by atoms with Gasteiger partial charge in [0, 0.05) is 5.69 Å². The monoisotopic (exact) mass is 391 g/mol. The first-order valence-electron chi connectivity index (χ1n) is 9.53. The summed E-state index contributed by atoms with van der Waals surface area (Å²) in [5.41, 5.74) is 9.75. The minimum atomic E-state index is -0.442. The molecule has 0 bridgehead atoms. The molecule has 0 saturated heterocycles. The molecular formula is C22H25N5O2. The number of methoxy groups -OCH3 is 1. The molecule has 1 aromatic heterocycles. The van der Waals surface area contributed by atoms with Gasteiger partial charge in [0.25, 0.3) is 0 Å². The van der Waals surface area contributed by atoms with Gasteiger partial charge in [0.15, 0.2) is 11.6 Å². The summed E-state index contributed by atoms with van der Waals surface area (Å²) in [7, 11) is 1.34. The molecule has 0 unspecified atom stereocenters. The lowest BCUT2D eigenvalue weighted by molar-refractivity contribution is 0.0602. The summed E-state index contributed by atoms with van der Waals surface area (Å²) in [6, 6.07) is 15.2. The molecule has 0 aliphatic rings. The summed E-state index contributed by atoms with van der Waals surface area (Å²) >= 11 is 0. The number of esters is 1. The van der Waals surface area contributed by atoms with Crippen molar-refractivity contribution in [3.05, 3.63) is 66.0 Å². The van der Waals surface area contributed by atoms with Crippen LogP contribution in [0.1, 0.15) is 35.7 Å². The third-order valence-electron chi connectivity index (χ3n) is 4.51. The molecule has 0 aliphatic carbocycles. The van der Waals surface area contributed by atoms with Crippen LogP contribution in [-0.2, 0) is 11.2 Å². The molecule has 2 aromatic carbocycles. The van der Waals surface area contributed by atoms with E-state index < -0.39 is 5.97 Å². The van der Waals surface area contributed by atoms with Crippen molar-refractivity contribution in [2.75, 3.05) is 23.5 Å². The zero-order valence-corrected chi connectivity index (χ0v) is 16.6. The van der Waals surface area contributed by atoms with Gasteiger partial charge in [-0.1, -0.05) is 37.6 Å². The number of ether oxygens (including phenoxy) is 1. The number of carbonyl (C=O) groups excluding carboxylic acids is 1. The van der Waals surface area contributed by atoms with Crippen LogP contribution in [0.4, 0.5) is 28.7 Å². The van der Waals surface area contributed by atoms with Gasteiger partial charge < -0.3 is 21.1 Å². The van der Waals surface area contributed by atoms with Crippen molar-refractivity contribution < 1.29 is 9.53 Å². The van der Waals surface area contributed by atoms with Gasteiger partial charge in [0.2, 0.25) is 0 Å². The Balaban J connectivity index is 1.79. The number of nitrogens with zero attached hydrogens (tertiary/aromatic N) is 2. The number of hydrogen-bond donors (Lipinski definition) is 3. The van der Waals surface area contributed by atoms with Gasteiger partial charge in [0.1, 0.15) is 12.0 Å². The molecule has 1 heterocycles. The highest BCUT2D eigenvalue weighted by Gasteiger charge is 2.14. The fourth-order valence-corrected chi connectivity index (χ4v) is 2.87. The molecule has 0 saturated carbocycles. The van der Waals surface area contributed by atoms with Crippen molar-refractivity contribution in [2.45, 2.75) is 26.2 Å². The second-order valence-corrected chi connectivity index (χ2v) is 6.57. The van der Waals surface area contributed by atoms with E-state index in [0.29, 0.717) is 28.6 Å². The van der Waals surface area contributed by atoms with Crippen molar-refractivity contribution in [1.82, 2.24) is 9.97 Å². The average Bonchev–Trinajstić information content (AvgIpc) is 2.76. The van der Waals surface area contributed by atoms with Crippen LogP contribution in [0.15, 0.2) is 54.9 Å². The highest BCUT2D eigenvalue weighted by Crippen LogP contribution is 2.29. The first-order chi connectivity index (χ1) is 14.1. The largest absolute Gasteiger partial charge is 0.465 e. The van der Waals surface area contributed by atoms with Gasteiger partial charge in [-0.15, -0.1) is 0 Å². The molecule has 150 valence electrons. The number of nitrogens with one attached hydrogen (secondary N) is 2. The normalized spacial score (nSPS) is 10.4. The van der Waals surface area contributed by atoms with Gasteiger partial charge in [-0.05, 0) is 42.7 Å². The molecular weight excluding hydrogens is 366 g/mol. The van der Waals surface area contributed by atoms with E-state index in [9.17, 15) is 4.79 Å². The molecule has 0 fully saturated rings. The van der Waals surface area contributed by atoms with Crippen molar-refractivity contribution in [3.63, 3.8) is 0 Å². The van der Waals surface area contributed by atoms with E-state index in [4.69, 9.17) is 10.5 Å². The van der Waals surface area contributed by atoms with E-state index in [2.05, 4.69) is 39.7 Å². The van der Waals surface area contributed by atoms with Crippen LogP contribution in [-0.4, -0.2) is 23.0 Å². The third-order valence-corrected chi connectivity index (χ3v) is 4.51. The summed E-state index contributed by atoms with van der Waals surface area (Å²) in [6.45, 7) is 2.18. The maximum atomic E-state index is 12.0. The highest BCUT2D eigenvalue weighted by atomic mass is 16.5. The third kappa shape index (κ3) is 5.01. The number of nitrogen functional groups attached to an aromatic ring is 1. The predicted molar refractivity (Wildman–Crippen MR) is 116 cm³/mol. The lowest BCUT2D eigenvalue weighted by atomic mass is 10.1. The van der Waals surface area contributed by atoms with Crippen LogP contribution in [0, 0.1) is 0 Å². The molecule has 0 aliphatic heterocycles. The quantitative estimate of drug-likeness (QED) is 0.479. The maximum Gasteiger partial charge on any atom is 0.339 e. The smallest absolute Gasteiger partial charge is 0.339 e. The number of aryl methyl sites for hydroxylation is 1. The van der Waals surface area contributed by atoms with Crippen molar-refractivity contribution in [2.24, 2.45) is 0 Å². The number of benzene rings is 2. The van der Waals surface area contributed by atoms with Crippen molar-refractivity contribution >= 4 is 34.7 Å². The number of carbonyl (C=O) groups is 1. The first-order valence-corrected chi connectivity index (χ1v) is 9.53. The molecule has 3 aromatic rings. The molecule has 4 N–H and O–H groups in total. The zero-order chi connectivity index (χ0) is 20.6. The van der Waals surface area contributed by atoms with Crippen molar-refractivity contribution in [3.8, 4) is 0 Å². The van der Waals surface area contributed by atoms with Gasteiger partial charge >= 0.3 is 5.97 Å². The fraction of sp³-hybridized carbons (Fsp3) is 0.227. The summed E-state index contributed by atoms with van der Waals surface area (Å²) in [5, 5.41) is 6.32. The second-order valence-electron chi connectivity index (χ2n) is 6.57. The summed E-state index contributed by atoms with van der Waals surface area (Å²) < 4.78 is 4.83. The Labute approximate surface area is 170 Å². The number of aromatic nitrogens is 2. The predicted octanol–water partition coefficient (Wildman–Crippen LogP) is 4.68. The van der Waals surface area contributed by atoms with E-state index in [1.165, 1.54) is 31.8 Å². The fourth-order valence-electron chi connectivity index (χ4n) is 2.87. The minimum Gasteiger partial charge on any atom is -0.465 e. The van der Waals surface area contributed by atoms with Crippen LogP contribution in [0.5, 0.6) is 0 Å². The van der Waals surface area contributed by atoms with Crippen LogP contribution < -0.4 is 16.4 Å². The Morgan fingerprint density at radius 2 is 1.72 bits per heavy atom. The topological polar surface area (TPSA) is 102 Å². The van der Waals surface area contributed by atoms with Crippen LogP contribution in [0.25, 0.3) is 0 Å². The van der Waals surface area contributed by atoms with E-state index in [-0.39, 0.29) is 0 Å². The number of rotatable bonds is 8. The minimum absolute atomic E-state index is 0.349. The first kappa shape index (κ1) is 20.1. The molecule has 7 heteroatoms. The number of hydrogen-bond acceptors (Lipinski definition) is 7. The number of unbranched alkanes of at least 4 members (excludes halogenated alkanes) is 1. The molecule has 0 spiro atoms. The van der Waals surface area contributed by atoms with E-state index in [1.807, 2.05) is 18.2 Å². The van der Waals surface area contributed by atoms with Crippen LogP contribution >= 0.6 is 0 Å². The number of nitrogens with two attached hydrogens (primary N) is 1. The van der Waals surface area contributed by atoms with Crippen LogP contribution in [0.2, 0.25) is 0 Å². The molecule has 29 heavy (non-hydrogen) atoms. The van der Waals surface area contributed by atoms with Crippen molar-refractivity contribution in [1.29, 1.82) is 0 Å². The number of para-hydroxylation sites is 1. The Morgan fingerprint density at radius 1 is 1.03 bits per heavy atom. The standard InChI is InChI=1S/C22H25N5O2/c1-3-4-7-15-10-12-16(13-11-15)26-20-19(23)21(25-14-24-20)27-18-9-6-5-8-17(18)22(28)29-2/h5-6,8-14H,3-4,7,23H2,1-2H3,(H2,24,25,26,27). The molecule has 0 amide bonds. The Kier molecular flexibility index (Phi) is 6.63. The SMILES string of the molecule is CCCCc1ccc(Nc2ncnc(Nc3ccccc3C(=O)OC)c2N)cc1. The summed E-state index contributed by atoms with van der Waals surface area (Å²) in [6.07, 6.45) is 4.83. The average molecular weight is 391 g/mol. The van der Waals surface area contributed by atoms with Crippen LogP contribution in [0.3, 0.4) is 0 Å². The van der Waals surface area contributed by atoms with Gasteiger partial charge in [-0.25, -0.2) is 14.8 Å². The molecule has 0 atom stereocenters. The van der Waals surface area contributed by atoms with E-state index >= 15 is 0 Å². The highest BCUT2D eigenvalue weighted by molar-refractivity contribution is 5.97. The summed E-state index contributed by atoms with van der Waals surface area (Å²) in [4.78, 5) is 20.4. The molecule has 3 rings (SSSR count). The lowest BCUT2D eigenvalue weighted by Crippen LogP contribution is -2.09. The zero-order valence-electron chi connectivity index (χ0n) is 16.6. The number of anilines is 5. The Bertz CT molecular complexity index is 973. The maximum absolute atomic E-state index is 12.0. The molecule has 7 nitrogen and oxygen atoms in total. The van der Waals surface area contributed by atoms with E-state index in [1.54, 1.807) is 18.2 Å². The van der Waals surface area contributed by atoms with E-state index in [0.717, 1.165) is 12.1 Å². The van der Waals surface area contributed by atoms with Gasteiger partial charge in [-0.2, -0.15) is 0 Å². The Morgan fingerprint density at radius 3 is 2.41 bits per heavy atom. The van der Waals surface area contributed by atoms with Gasteiger partial charge in [0.05, 0.1) is 18.4 Å². The summed E-state index contributed by atoms with van der Waals surface area (Å²) in [5.74, 6) is 0.444. The Hall–Kier alpha value is -3.61. The van der Waals surface area contributed by atoms with Gasteiger partial charge in [-0.3, -0.25) is 0 Å². The molecule has 0 radical (unpaired) electrons.